The van der Waals surface area contributed by atoms with Crippen LogP contribution in [-0.4, -0.2) is 16.0 Å². The van der Waals surface area contributed by atoms with Crippen molar-refractivity contribution in [3.63, 3.8) is 0 Å². The van der Waals surface area contributed by atoms with Crippen molar-refractivity contribution in [1.29, 1.82) is 0 Å². The summed E-state index contributed by atoms with van der Waals surface area (Å²) in [7, 11) is 0. The van der Waals surface area contributed by atoms with E-state index >= 15 is 0 Å². The zero-order chi connectivity index (χ0) is 13.0. The molecule has 0 saturated heterocycles. The fraction of sp³-hybridized carbons (Fsp3) is 0.250. The van der Waals surface area contributed by atoms with E-state index in [1.54, 1.807) is 25.1 Å². The van der Waals surface area contributed by atoms with Gasteiger partial charge in [0.25, 0.3) is 0 Å². The molecule has 0 spiro atoms. The number of nitrogens with one attached hydrogen (secondary N) is 1. The van der Waals surface area contributed by atoms with Crippen molar-refractivity contribution in [2.45, 2.75) is 19.9 Å². The van der Waals surface area contributed by atoms with Gasteiger partial charge in [0, 0.05) is 11.8 Å². The van der Waals surface area contributed by atoms with Gasteiger partial charge in [0.05, 0.1) is 24.8 Å². The molecule has 0 fully saturated rings. The molecule has 3 N–H and O–H groups in total. The molecule has 94 valence electrons. The second kappa shape index (κ2) is 5.31. The fourth-order valence-electron chi connectivity index (χ4n) is 1.46. The van der Waals surface area contributed by atoms with E-state index in [1.165, 1.54) is 6.20 Å². The van der Waals surface area contributed by atoms with E-state index in [1.807, 2.05) is 0 Å². The third kappa shape index (κ3) is 3.31. The van der Waals surface area contributed by atoms with Gasteiger partial charge in [-0.25, -0.2) is 0 Å². The summed E-state index contributed by atoms with van der Waals surface area (Å²) in [5.41, 5.74) is 7.47. The van der Waals surface area contributed by atoms with Gasteiger partial charge in [0.1, 0.15) is 11.5 Å². The highest BCUT2D eigenvalue weighted by Crippen LogP contribution is 2.03. The zero-order valence-corrected chi connectivity index (χ0v) is 10.0. The van der Waals surface area contributed by atoms with Crippen LogP contribution in [0.15, 0.2) is 28.9 Å². The number of anilines is 1. The summed E-state index contributed by atoms with van der Waals surface area (Å²) in [5, 5.41) is 6.53. The molecule has 0 aliphatic carbocycles. The molecule has 2 heterocycles. The van der Waals surface area contributed by atoms with Crippen molar-refractivity contribution in [2.75, 3.05) is 5.73 Å². The maximum absolute atomic E-state index is 11.6. The molecule has 0 aliphatic heterocycles. The minimum atomic E-state index is -0.118. The Hall–Kier alpha value is -2.37. The van der Waals surface area contributed by atoms with E-state index in [0.29, 0.717) is 23.6 Å². The Morgan fingerprint density at radius 2 is 2.28 bits per heavy atom. The average Bonchev–Trinajstić information content (AvgIpc) is 2.76. The van der Waals surface area contributed by atoms with Crippen molar-refractivity contribution in [2.24, 2.45) is 0 Å². The van der Waals surface area contributed by atoms with Crippen LogP contribution in [0.3, 0.4) is 0 Å². The largest absolute Gasteiger partial charge is 0.397 e. The number of aryl methyl sites for hydroxylation is 1. The topological polar surface area (TPSA) is 94.0 Å². The molecule has 6 heteroatoms. The van der Waals surface area contributed by atoms with Gasteiger partial charge in [0.2, 0.25) is 5.91 Å². The summed E-state index contributed by atoms with van der Waals surface area (Å²) in [6.07, 6.45) is 1.75. The third-order valence-electron chi connectivity index (χ3n) is 2.33. The maximum atomic E-state index is 11.6. The van der Waals surface area contributed by atoms with Gasteiger partial charge in [-0.3, -0.25) is 9.78 Å². The lowest BCUT2D eigenvalue weighted by molar-refractivity contribution is -0.120. The second-order valence-corrected chi connectivity index (χ2v) is 3.97. The molecule has 2 rings (SSSR count). The smallest absolute Gasteiger partial charge is 0.226 e. The quantitative estimate of drug-likeness (QED) is 0.832. The van der Waals surface area contributed by atoms with E-state index in [2.05, 4.69) is 15.5 Å². The molecule has 0 saturated carbocycles. The number of pyridine rings is 1. The molecule has 2 aromatic heterocycles. The number of nitrogens with zero attached hydrogens (tertiary/aromatic N) is 2. The number of hydrogen-bond donors (Lipinski definition) is 2. The Labute approximate surface area is 104 Å². The Morgan fingerprint density at radius 1 is 1.44 bits per heavy atom. The standard InChI is InChI=1S/C12H14N4O2/c1-8-4-11(16-18-8)7-15-12(17)5-10-3-2-9(13)6-14-10/h2-4,6H,5,7,13H2,1H3,(H,15,17). The molecular weight excluding hydrogens is 232 g/mol. The molecular formula is C12H14N4O2. The van der Waals surface area contributed by atoms with E-state index in [9.17, 15) is 4.79 Å². The van der Waals surface area contributed by atoms with Gasteiger partial charge in [-0.15, -0.1) is 0 Å². The molecule has 0 aliphatic rings. The minimum Gasteiger partial charge on any atom is -0.397 e. The van der Waals surface area contributed by atoms with Gasteiger partial charge < -0.3 is 15.6 Å². The fourth-order valence-corrected chi connectivity index (χ4v) is 1.46. The van der Waals surface area contributed by atoms with E-state index in [4.69, 9.17) is 10.3 Å². The molecule has 1 amide bonds. The van der Waals surface area contributed by atoms with E-state index in [-0.39, 0.29) is 12.3 Å². The Bertz CT molecular complexity index is 533. The molecule has 0 atom stereocenters. The monoisotopic (exact) mass is 246 g/mol. The first-order chi connectivity index (χ1) is 8.63. The van der Waals surface area contributed by atoms with Gasteiger partial charge in [0.15, 0.2) is 0 Å². The molecule has 0 aromatic carbocycles. The number of rotatable bonds is 4. The first-order valence-corrected chi connectivity index (χ1v) is 5.53. The molecule has 2 aromatic rings. The summed E-state index contributed by atoms with van der Waals surface area (Å²) in [5.74, 6) is 0.604. The second-order valence-electron chi connectivity index (χ2n) is 3.97. The van der Waals surface area contributed by atoms with Gasteiger partial charge in [-0.2, -0.15) is 0 Å². The first kappa shape index (κ1) is 12.1. The van der Waals surface area contributed by atoms with Crippen molar-refractivity contribution < 1.29 is 9.32 Å². The molecule has 6 nitrogen and oxygen atoms in total. The van der Waals surface area contributed by atoms with Crippen LogP contribution in [0.2, 0.25) is 0 Å². The van der Waals surface area contributed by atoms with Crippen LogP contribution < -0.4 is 11.1 Å². The molecule has 18 heavy (non-hydrogen) atoms. The zero-order valence-electron chi connectivity index (χ0n) is 10.0. The lowest BCUT2D eigenvalue weighted by Gasteiger charge is -2.02. The highest BCUT2D eigenvalue weighted by atomic mass is 16.5. The SMILES string of the molecule is Cc1cc(CNC(=O)Cc2ccc(N)cn2)no1. The first-order valence-electron chi connectivity index (χ1n) is 5.53. The minimum absolute atomic E-state index is 0.118. The van der Waals surface area contributed by atoms with Crippen LogP contribution in [0, 0.1) is 6.92 Å². The van der Waals surface area contributed by atoms with Gasteiger partial charge >= 0.3 is 0 Å². The summed E-state index contributed by atoms with van der Waals surface area (Å²) < 4.78 is 4.90. The molecule has 0 radical (unpaired) electrons. The highest BCUT2D eigenvalue weighted by Gasteiger charge is 2.06. The number of carbonyl (C=O) groups excluding carboxylic acids is 1. The molecule has 0 unspecified atom stereocenters. The van der Waals surface area contributed by atoms with Crippen molar-refractivity contribution >= 4 is 11.6 Å². The number of hydrogen-bond acceptors (Lipinski definition) is 5. The summed E-state index contributed by atoms with van der Waals surface area (Å²) in [6, 6.07) is 5.23. The lowest BCUT2D eigenvalue weighted by Crippen LogP contribution is -2.25. The van der Waals surface area contributed by atoms with Crippen LogP contribution in [0.25, 0.3) is 0 Å². The summed E-state index contributed by atoms with van der Waals surface area (Å²) >= 11 is 0. The van der Waals surface area contributed by atoms with E-state index < -0.39 is 0 Å². The Morgan fingerprint density at radius 3 is 2.89 bits per heavy atom. The Balaban J connectivity index is 1.83. The number of aromatic nitrogens is 2. The predicted molar refractivity (Wildman–Crippen MR) is 65.4 cm³/mol. The molecule has 0 bridgehead atoms. The van der Waals surface area contributed by atoms with Crippen molar-refractivity contribution in [1.82, 2.24) is 15.5 Å². The lowest BCUT2D eigenvalue weighted by atomic mass is 10.2. The van der Waals surface area contributed by atoms with E-state index in [0.717, 1.165) is 5.76 Å². The van der Waals surface area contributed by atoms with Gasteiger partial charge in [-0.1, -0.05) is 5.16 Å². The average molecular weight is 246 g/mol. The Kier molecular flexibility index (Phi) is 3.57. The van der Waals surface area contributed by atoms with Crippen LogP contribution in [0.4, 0.5) is 5.69 Å². The van der Waals surface area contributed by atoms with Gasteiger partial charge in [-0.05, 0) is 19.1 Å². The van der Waals surface area contributed by atoms with Crippen LogP contribution in [0.1, 0.15) is 17.1 Å². The van der Waals surface area contributed by atoms with Crippen LogP contribution in [-0.2, 0) is 17.8 Å². The van der Waals surface area contributed by atoms with Crippen LogP contribution >= 0.6 is 0 Å². The normalized spacial score (nSPS) is 10.3. The van der Waals surface area contributed by atoms with Crippen molar-refractivity contribution in [3.05, 3.63) is 41.5 Å². The summed E-state index contributed by atoms with van der Waals surface area (Å²) in [4.78, 5) is 15.7. The number of amides is 1. The summed E-state index contributed by atoms with van der Waals surface area (Å²) in [6.45, 7) is 2.15. The van der Waals surface area contributed by atoms with Crippen molar-refractivity contribution in [3.8, 4) is 0 Å². The predicted octanol–water partition coefficient (Wildman–Crippen LogP) is 0.819. The number of nitrogen functional groups attached to an aromatic ring is 1. The number of nitrogens with two attached hydrogens (primary N) is 1. The van der Waals surface area contributed by atoms with Crippen LogP contribution in [0.5, 0.6) is 0 Å². The number of carbonyl (C=O) groups is 1. The maximum Gasteiger partial charge on any atom is 0.226 e. The highest BCUT2D eigenvalue weighted by molar-refractivity contribution is 5.78. The third-order valence-corrected chi connectivity index (χ3v) is 2.33.